The lowest BCUT2D eigenvalue weighted by atomic mass is 9.78. The van der Waals surface area contributed by atoms with Gasteiger partial charge in [-0.05, 0) is 44.7 Å². The van der Waals surface area contributed by atoms with Crippen molar-refractivity contribution in [2.75, 3.05) is 0 Å². The van der Waals surface area contributed by atoms with Crippen molar-refractivity contribution < 1.29 is 14.3 Å². The van der Waals surface area contributed by atoms with E-state index in [0.29, 0.717) is 5.56 Å². The molecule has 0 N–H and O–H groups in total. The molecule has 0 bridgehead atoms. The first kappa shape index (κ1) is 16.2. The van der Waals surface area contributed by atoms with Crippen LogP contribution in [0, 0.1) is 25.2 Å². The summed E-state index contributed by atoms with van der Waals surface area (Å²) in [6, 6.07) is 7.80. The molecule has 0 atom stereocenters. The number of hydrogen-bond donors (Lipinski definition) is 0. The molecule has 1 aromatic rings. The molecule has 0 spiro atoms. The number of ketones is 1. The van der Waals surface area contributed by atoms with Gasteiger partial charge in [-0.15, -0.1) is 0 Å². The monoisotopic (exact) mass is 299 g/mol. The minimum atomic E-state index is -0.589. The van der Waals surface area contributed by atoms with Gasteiger partial charge in [0.2, 0.25) is 0 Å². The van der Waals surface area contributed by atoms with E-state index in [2.05, 4.69) is 6.07 Å². The average Bonchev–Trinajstić information content (AvgIpc) is 2.45. The highest BCUT2D eigenvalue weighted by Gasteiger charge is 2.40. The first-order valence-electron chi connectivity index (χ1n) is 7.65. The highest BCUT2D eigenvalue weighted by molar-refractivity contribution is 5.98. The number of hydrogen-bond acceptors (Lipinski definition) is 4. The maximum absolute atomic E-state index is 12.2. The molecule has 1 aliphatic carbocycles. The maximum Gasteiger partial charge on any atom is 0.306 e. The topological polar surface area (TPSA) is 67.2 Å². The van der Waals surface area contributed by atoms with Crippen molar-refractivity contribution >= 4 is 11.8 Å². The van der Waals surface area contributed by atoms with E-state index in [-0.39, 0.29) is 31.0 Å². The molecule has 0 amide bonds. The molecule has 0 heterocycles. The Kier molecular flexibility index (Phi) is 4.97. The van der Waals surface area contributed by atoms with Crippen LogP contribution >= 0.6 is 0 Å². The molecule has 116 valence electrons. The molecular formula is C18H21NO3. The third-order valence-corrected chi connectivity index (χ3v) is 4.25. The summed E-state index contributed by atoms with van der Waals surface area (Å²) >= 11 is 0. The number of nitrogens with zero attached hydrogens (tertiary/aromatic N) is 1. The fraction of sp³-hybridized carbons (Fsp3) is 0.500. The molecule has 4 heteroatoms. The van der Waals surface area contributed by atoms with Gasteiger partial charge in [-0.25, -0.2) is 0 Å². The van der Waals surface area contributed by atoms with Crippen LogP contribution in [0.4, 0.5) is 0 Å². The lowest BCUT2D eigenvalue weighted by molar-refractivity contribution is -0.168. The zero-order valence-electron chi connectivity index (χ0n) is 13.1. The summed E-state index contributed by atoms with van der Waals surface area (Å²) in [5.41, 5.74) is 2.03. The fourth-order valence-corrected chi connectivity index (χ4v) is 2.71. The molecule has 0 aliphatic heterocycles. The molecule has 0 radical (unpaired) electrons. The molecular weight excluding hydrogens is 278 g/mol. The van der Waals surface area contributed by atoms with Gasteiger partial charge in [0.05, 0.1) is 18.9 Å². The molecule has 1 fully saturated rings. The van der Waals surface area contributed by atoms with E-state index in [0.717, 1.165) is 30.4 Å². The van der Waals surface area contributed by atoms with E-state index in [1.807, 2.05) is 32.0 Å². The van der Waals surface area contributed by atoms with Crippen LogP contribution in [0.15, 0.2) is 18.2 Å². The summed E-state index contributed by atoms with van der Waals surface area (Å²) in [5, 5.41) is 8.81. The second kappa shape index (κ2) is 6.74. The van der Waals surface area contributed by atoms with Crippen LogP contribution in [0.3, 0.4) is 0 Å². The first-order chi connectivity index (χ1) is 10.5. The Morgan fingerprint density at radius 3 is 2.59 bits per heavy atom. The van der Waals surface area contributed by atoms with E-state index in [4.69, 9.17) is 10.00 Å². The Labute approximate surface area is 131 Å². The Balaban J connectivity index is 1.90. The third-order valence-electron chi connectivity index (χ3n) is 4.25. The van der Waals surface area contributed by atoms with E-state index >= 15 is 0 Å². The largest absolute Gasteiger partial charge is 0.458 e. The number of ether oxygens (including phenoxy) is 1. The lowest BCUT2D eigenvalue weighted by Crippen LogP contribution is -2.41. The molecule has 0 unspecified atom stereocenters. The van der Waals surface area contributed by atoms with E-state index in [1.54, 1.807) is 0 Å². The summed E-state index contributed by atoms with van der Waals surface area (Å²) < 4.78 is 5.44. The normalized spacial score (nSPS) is 15.5. The minimum Gasteiger partial charge on any atom is -0.458 e. The zero-order valence-corrected chi connectivity index (χ0v) is 13.1. The van der Waals surface area contributed by atoms with Crippen molar-refractivity contribution in [3.05, 3.63) is 34.9 Å². The summed E-state index contributed by atoms with van der Waals surface area (Å²) in [4.78, 5) is 24.2. The van der Waals surface area contributed by atoms with Gasteiger partial charge >= 0.3 is 5.97 Å². The molecule has 0 saturated heterocycles. The number of esters is 1. The zero-order chi connectivity index (χ0) is 16.2. The second-order valence-electron chi connectivity index (χ2n) is 6.09. The van der Waals surface area contributed by atoms with E-state index in [1.165, 1.54) is 0 Å². The van der Waals surface area contributed by atoms with E-state index in [9.17, 15) is 9.59 Å². The maximum atomic E-state index is 12.2. The van der Waals surface area contributed by atoms with Gasteiger partial charge in [0.25, 0.3) is 0 Å². The molecule has 1 aliphatic rings. The van der Waals surface area contributed by atoms with Gasteiger partial charge < -0.3 is 4.74 Å². The number of benzene rings is 1. The first-order valence-corrected chi connectivity index (χ1v) is 7.65. The van der Waals surface area contributed by atoms with Crippen LogP contribution in [0.1, 0.15) is 60.0 Å². The fourth-order valence-electron chi connectivity index (χ4n) is 2.71. The summed E-state index contributed by atoms with van der Waals surface area (Å²) in [6.45, 7) is 3.83. The van der Waals surface area contributed by atoms with Gasteiger partial charge in [0.1, 0.15) is 5.60 Å². The molecule has 0 aromatic heterocycles. The van der Waals surface area contributed by atoms with Crippen molar-refractivity contribution in [1.29, 1.82) is 5.26 Å². The van der Waals surface area contributed by atoms with Crippen molar-refractivity contribution in [2.45, 2.75) is 58.0 Å². The molecule has 22 heavy (non-hydrogen) atoms. The number of carbonyl (C=O) groups excluding carboxylic acids is 2. The average molecular weight is 299 g/mol. The number of nitriles is 1. The predicted octanol–water partition coefficient (Wildman–Crippen LogP) is 3.65. The number of rotatable bonds is 6. The highest BCUT2D eigenvalue weighted by atomic mass is 16.6. The Hall–Kier alpha value is -2.15. The van der Waals surface area contributed by atoms with Crippen LogP contribution in [0.5, 0.6) is 0 Å². The Morgan fingerprint density at radius 2 is 2.00 bits per heavy atom. The van der Waals surface area contributed by atoms with Gasteiger partial charge in [-0.1, -0.05) is 17.7 Å². The standard InChI is InChI=1S/C18H21NO3/c1-13-4-5-14(2)15(12-13)16(20)6-7-17(21)22-18(10-11-19)8-3-9-18/h4-5,12H,3,6-10H2,1-2H3. The smallest absolute Gasteiger partial charge is 0.306 e. The van der Waals surface area contributed by atoms with Gasteiger partial charge in [-0.3, -0.25) is 9.59 Å². The van der Waals surface area contributed by atoms with Gasteiger partial charge in [0, 0.05) is 12.0 Å². The van der Waals surface area contributed by atoms with Crippen LogP contribution < -0.4 is 0 Å². The summed E-state index contributed by atoms with van der Waals surface area (Å²) in [6.07, 6.45) is 2.93. The van der Waals surface area contributed by atoms with Crippen LogP contribution in [0.2, 0.25) is 0 Å². The Morgan fingerprint density at radius 1 is 1.27 bits per heavy atom. The van der Waals surface area contributed by atoms with Crippen molar-refractivity contribution in [2.24, 2.45) is 0 Å². The minimum absolute atomic E-state index is 0.0407. The summed E-state index contributed by atoms with van der Waals surface area (Å²) in [7, 11) is 0. The lowest BCUT2D eigenvalue weighted by Gasteiger charge is -2.39. The SMILES string of the molecule is Cc1ccc(C)c(C(=O)CCC(=O)OC2(CC#N)CCC2)c1. The van der Waals surface area contributed by atoms with Crippen molar-refractivity contribution in [1.82, 2.24) is 0 Å². The van der Waals surface area contributed by atoms with Crippen molar-refractivity contribution in [3.8, 4) is 6.07 Å². The number of carbonyl (C=O) groups is 2. The van der Waals surface area contributed by atoms with Crippen LogP contribution in [0.25, 0.3) is 0 Å². The van der Waals surface area contributed by atoms with Gasteiger partial charge in [0.15, 0.2) is 5.78 Å². The van der Waals surface area contributed by atoms with Crippen LogP contribution in [-0.2, 0) is 9.53 Å². The van der Waals surface area contributed by atoms with E-state index < -0.39 is 5.60 Å². The quantitative estimate of drug-likeness (QED) is 0.594. The number of Topliss-reactive ketones (excluding diaryl/α,β-unsaturated/α-hetero) is 1. The van der Waals surface area contributed by atoms with Crippen molar-refractivity contribution in [3.63, 3.8) is 0 Å². The molecule has 2 rings (SSSR count). The van der Waals surface area contributed by atoms with Crippen LogP contribution in [-0.4, -0.2) is 17.4 Å². The van der Waals surface area contributed by atoms with Gasteiger partial charge in [-0.2, -0.15) is 5.26 Å². The molecule has 1 saturated carbocycles. The second-order valence-corrected chi connectivity index (χ2v) is 6.09. The number of aryl methyl sites for hydroxylation is 2. The predicted molar refractivity (Wildman–Crippen MR) is 82.4 cm³/mol. The highest BCUT2D eigenvalue weighted by Crippen LogP contribution is 2.38. The Bertz CT molecular complexity index is 624. The molecule has 4 nitrogen and oxygen atoms in total. The third kappa shape index (κ3) is 3.73. The summed E-state index contributed by atoms with van der Waals surface area (Å²) in [5.74, 6) is -0.422. The molecule has 1 aromatic carbocycles.